The number of carbonyl (C=O) groups excluding carboxylic acids is 1. The largest absolute Gasteiger partial charge is 0.320 e. The number of rotatable bonds is 7. The van der Waals surface area contributed by atoms with Gasteiger partial charge in [0.1, 0.15) is 5.82 Å². The molecule has 2 aromatic heterocycles. The summed E-state index contributed by atoms with van der Waals surface area (Å²) < 4.78 is 30.0. The van der Waals surface area contributed by atoms with Crippen molar-refractivity contribution in [1.29, 1.82) is 5.26 Å². The minimum absolute atomic E-state index is 0.177. The number of carbonyl (C=O) groups is 1. The van der Waals surface area contributed by atoms with Gasteiger partial charge in [0.05, 0.1) is 35.4 Å². The maximum atomic E-state index is 13.8. The molecule has 6 nitrogen and oxygen atoms in total. The number of hydrogen-bond donors (Lipinski definition) is 0. The van der Waals surface area contributed by atoms with Crippen molar-refractivity contribution in [2.45, 2.75) is 32.4 Å². The van der Waals surface area contributed by atoms with Crippen LogP contribution < -0.4 is 0 Å². The van der Waals surface area contributed by atoms with E-state index in [9.17, 15) is 18.8 Å². The zero-order valence-electron chi connectivity index (χ0n) is 16.7. The highest BCUT2D eigenvalue weighted by Gasteiger charge is 2.32. The fourth-order valence-electron chi connectivity index (χ4n) is 3.74. The molecule has 0 aliphatic heterocycles. The van der Waals surface area contributed by atoms with Gasteiger partial charge in [0, 0.05) is 5.69 Å². The highest BCUT2D eigenvalue weighted by atomic mass is 19.3. The van der Waals surface area contributed by atoms with Crippen molar-refractivity contribution < 1.29 is 13.6 Å². The van der Waals surface area contributed by atoms with E-state index in [2.05, 4.69) is 10.1 Å². The van der Waals surface area contributed by atoms with E-state index in [1.165, 1.54) is 12.3 Å². The number of fused-ring (bicyclic) bond motifs is 1. The van der Waals surface area contributed by atoms with Crippen LogP contribution in [-0.2, 0) is 13.0 Å². The summed E-state index contributed by atoms with van der Waals surface area (Å²) in [4.78, 5) is 17.5. The summed E-state index contributed by atoms with van der Waals surface area (Å²) in [5, 5.41) is 14.1. The Morgan fingerprint density at radius 3 is 2.52 bits per heavy atom. The van der Waals surface area contributed by atoms with E-state index < -0.39 is 18.3 Å². The SMILES string of the molecule is CCc1c(C(=O)C(C#N)c2nc3ccccc3n2C(F)F)cnn1Cc1ccccc1. The van der Waals surface area contributed by atoms with Crippen molar-refractivity contribution in [3.05, 3.63) is 83.4 Å². The summed E-state index contributed by atoms with van der Waals surface area (Å²) in [6, 6.07) is 17.9. The van der Waals surface area contributed by atoms with E-state index in [1.54, 1.807) is 22.9 Å². The molecule has 0 bridgehead atoms. The molecule has 0 spiro atoms. The second kappa shape index (κ2) is 8.48. The maximum absolute atomic E-state index is 13.8. The molecular weight excluding hydrogens is 400 g/mol. The number of halogens is 2. The average molecular weight is 419 g/mol. The van der Waals surface area contributed by atoms with Gasteiger partial charge >= 0.3 is 6.55 Å². The Hall–Kier alpha value is -3.86. The summed E-state index contributed by atoms with van der Waals surface area (Å²) in [5.41, 5.74) is 2.39. The van der Waals surface area contributed by atoms with Crippen LogP contribution >= 0.6 is 0 Å². The molecule has 1 atom stereocenters. The molecule has 1 unspecified atom stereocenters. The van der Waals surface area contributed by atoms with Gasteiger partial charge in [0.25, 0.3) is 0 Å². The van der Waals surface area contributed by atoms with Crippen molar-refractivity contribution in [2.24, 2.45) is 0 Å². The van der Waals surface area contributed by atoms with Crippen molar-refractivity contribution >= 4 is 16.8 Å². The third-order valence-corrected chi connectivity index (χ3v) is 5.19. The number of para-hydroxylation sites is 2. The van der Waals surface area contributed by atoms with Crippen LogP contribution in [0.25, 0.3) is 11.0 Å². The van der Waals surface area contributed by atoms with Gasteiger partial charge in [0.2, 0.25) is 0 Å². The smallest absolute Gasteiger partial charge is 0.292 e. The number of benzene rings is 2. The summed E-state index contributed by atoms with van der Waals surface area (Å²) in [6.45, 7) is -0.590. The number of alkyl halides is 2. The van der Waals surface area contributed by atoms with E-state index in [0.29, 0.717) is 28.7 Å². The molecule has 0 aliphatic carbocycles. The first kappa shape index (κ1) is 20.4. The predicted molar refractivity (Wildman–Crippen MR) is 111 cm³/mol. The third kappa shape index (κ3) is 3.70. The Morgan fingerprint density at radius 2 is 1.84 bits per heavy atom. The molecule has 0 N–H and O–H groups in total. The van der Waals surface area contributed by atoms with Crippen LogP contribution in [0.4, 0.5) is 8.78 Å². The second-order valence-corrected chi connectivity index (χ2v) is 7.03. The molecule has 8 heteroatoms. The number of hydrogen-bond acceptors (Lipinski definition) is 4. The van der Waals surface area contributed by atoms with Crippen LogP contribution in [0, 0.1) is 11.3 Å². The fraction of sp³-hybridized carbons (Fsp3) is 0.217. The van der Waals surface area contributed by atoms with Crippen LogP contribution in [0.3, 0.4) is 0 Å². The van der Waals surface area contributed by atoms with E-state index in [-0.39, 0.29) is 16.9 Å². The molecule has 2 heterocycles. The molecule has 0 fully saturated rings. The van der Waals surface area contributed by atoms with Gasteiger partial charge in [-0.2, -0.15) is 19.1 Å². The monoisotopic (exact) mass is 419 g/mol. The summed E-state index contributed by atoms with van der Waals surface area (Å²) in [5.74, 6) is -2.32. The van der Waals surface area contributed by atoms with Crippen molar-refractivity contribution in [1.82, 2.24) is 19.3 Å². The van der Waals surface area contributed by atoms with E-state index >= 15 is 0 Å². The zero-order valence-corrected chi connectivity index (χ0v) is 16.7. The minimum Gasteiger partial charge on any atom is -0.292 e. The van der Waals surface area contributed by atoms with Gasteiger partial charge in [-0.25, -0.2) is 4.98 Å². The number of nitriles is 1. The number of ketones is 1. The molecule has 0 radical (unpaired) electrons. The van der Waals surface area contributed by atoms with Crippen LogP contribution in [0.1, 0.15) is 46.8 Å². The van der Waals surface area contributed by atoms with Crippen LogP contribution in [0.2, 0.25) is 0 Å². The lowest BCUT2D eigenvalue weighted by atomic mass is 9.97. The molecule has 156 valence electrons. The quantitative estimate of drug-likeness (QED) is 0.406. The molecule has 4 aromatic rings. The van der Waals surface area contributed by atoms with Gasteiger partial charge in [0.15, 0.2) is 11.7 Å². The average Bonchev–Trinajstić information content (AvgIpc) is 3.36. The van der Waals surface area contributed by atoms with Crippen molar-refractivity contribution in [2.75, 3.05) is 0 Å². The number of Topliss-reactive ketones (excluding diaryl/α,β-unsaturated/α-hetero) is 1. The maximum Gasteiger partial charge on any atom is 0.320 e. The minimum atomic E-state index is -2.93. The first-order valence-corrected chi connectivity index (χ1v) is 9.82. The normalized spacial score (nSPS) is 12.2. The van der Waals surface area contributed by atoms with Crippen LogP contribution in [-0.4, -0.2) is 25.1 Å². The number of nitrogens with zero attached hydrogens (tertiary/aromatic N) is 5. The lowest BCUT2D eigenvalue weighted by Crippen LogP contribution is -2.18. The zero-order chi connectivity index (χ0) is 22.0. The first-order chi connectivity index (χ1) is 15.0. The van der Waals surface area contributed by atoms with Crippen molar-refractivity contribution in [3.8, 4) is 6.07 Å². The molecule has 4 rings (SSSR count). The fourth-order valence-corrected chi connectivity index (χ4v) is 3.74. The van der Waals surface area contributed by atoms with Crippen LogP contribution in [0.5, 0.6) is 0 Å². The highest BCUT2D eigenvalue weighted by Crippen LogP contribution is 2.30. The van der Waals surface area contributed by atoms with E-state index in [1.807, 2.05) is 43.3 Å². The Balaban J connectivity index is 1.75. The van der Waals surface area contributed by atoms with Gasteiger partial charge in [-0.15, -0.1) is 0 Å². The standard InChI is InChI=1S/C23H19F2N5O/c1-2-19-17(13-27-29(19)14-15-8-4-3-5-9-15)21(31)16(12-26)22-28-18-10-6-7-11-20(18)30(22)23(24)25/h3-11,13,16,23H,2,14H2,1H3. The molecule has 31 heavy (non-hydrogen) atoms. The second-order valence-electron chi connectivity index (χ2n) is 7.03. The van der Waals surface area contributed by atoms with Gasteiger partial charge in [-0.3, -0.25) is 14.0 Å². The predicted octanol–water partition coefficient (Wildman–Crippen LogP) is 4.73. The van der Waals surface area contributed by atoms with E-state index in [4.69, 9.17) is 0 Å². The highest BCUT2D eigenvalue weighted by molar-refractivity contribution is 6.03. The van der Waals surface area contributed by atoms with E-state index in [0.717, 1.165) is 5.56 Å². The van der Waals surface area contributed by atoms with Crippen LogP contribution in [0.15, 0.2) is 60.8 Å². The molecule has 2 aromatic carbocycles. The lowest BCUT2D eigenvalue weighted by molar-refractivity contribution is 0.0701. The van der Waals surface area contributed by atoms with Gasteiger partial charge in [-0.1, -0.05) is 49.4 Å². The Labute approximate surface area is 177 Å². The summed E-state index contributed by atoms with van der Waals surface area (Å²) >= 11 is 0. The number of aromatic nitrogens is 4. The molecule has 0 saturated heterocycles. The van der Waals surface area contributed by atoms with Crippen molar-refractivity contribution in [3.63, 3.8) is 0 Å². The molecule has 0 amide bonds. The summed E-state index contributed by atoms with van der Waals surface area (Å²) in [7, 11) is 0. The molecule has 0 saturated carbocycles. The Morgan fingerprint density at radius 1 is 1.13 bits per heavy atom. The Kier molecular flexibility index (Phi) is 5.58. The molecule has 0 aliphatic rings. The third-order valence-electron chi connectivity index (χ3n) is 5.19. The number of imidazole rings is 1. The molecular formula is C23H19F2N5O. The lowest BCUT2D eigenvalue weighted by Gasteiger charge is -2.12. The Bertz CT molecular complexity index is 1270. The topological polar surface area (TPSA) is 76.5 Å². The summed E-state index contributed by atoms with van der Waals surface area (Å²) in [6.07, 6.45) is 1.90. The van der Waals surface area contributed by atoms with Gasteiger partial charge in [-0.05, 0) is 24.1 Å². The van der Waals surface area contributed by atoms with Gasteiger partial charge < -0.3 is 0 Å². The first-order valence-electron chi connectivity index (χ1n) is 9.82.